The van der Waals surface area contributed by atoms with Crippen molar-refractivity contribution in [2.24, 2.45) is 0 Å². The molecule has 0 amide bonds. The highest BCUT2D eigenvalue weighted by Crippen LogP contribution is 2.28. The molecule has 0 saturated carbocycles. The number of hydrogen-bond acceptors (Lipinski definition) is 4. The molecule has 128 valence electrons. The summed E-state index contributed by atoms with van der Waals surface area (Å²) >= 11 is 12.2. The molecule has 4 nitrogen and oxygen atoms in total. The van der Waals surface area contributed by atoms with E-state index in [0.29, 0.717) is 39.7 Å². The lowest BCUT2D eigenvalue weighted by Crippen LogP contribution is -2.05. The lowest BCUT2D eigenvalue weighted by atomic mass is 10.2. The van der Waals surface area contributed by atoms with Crippen LogP contribution in [0.3, 0.4) is 0 Å². The molecule has 0 spiro atoms. The van der Waals surface area contributed by atoms with Gasteiger partial charge in [0.1, 0.15) is 23.3 Å². The molecule has 3 rings (SSSR count). The van der Waals surface area contributed by atoms with E-state index in [2.05, 4.69) is 20.6 Å². The summed E-state index contributed by atoms with van der Waals surface area (Å²) < 4.78 is 13.0. The number of hydrogen-bond donors (Lipinski definition) is 2. The zero-order chi connectivity index (χ0) is 17.8. The van der Waals surface area contributed by atoms with Gasteiger partial charge in [-0.3, -0.25) is 0 Å². The summed E-state index contributed by atoms with van der Waals surface area (Å²) in [5, 5.41) is 7.46. The van der Waals surface area contributed by atoms with Gasteiger partial charge in [0.2, 0.25) is 0 Å². The summed E-state index contributed by atoms with van der Waals surface area (Å²) in [6, 6.07) is 13.2. The van der Waals surface area contributed by atoms with Crippen LogP contribution in [0.5, 0.6) is 0 Å². The summed E-state index contributed by atoms with van der Waals surface area (Å²) in [6.07, 6.45) is 0. The Bertz CT molecular complexity index is 885. The lowest BCUT2D eigenvalue weighted by molar-refractivity contribution is 0.627. The molecule has 2 aromatic carbocycles. The van der Waals surface area contributed by atoms with Crippen molar-refractivity contribution < 1.29 is 4.39 Å². The van der Waals surface area contributed by atoms with E-state index in [9.17, 15) is 4.39 Å². The maximum absolute atomic E-state index is 13.0. The zero-order valence-corrected chi connectivity index (χ0v) is 14.9. The van der Waals surface area contributed by atoms with Gasteiger partial charge in [0.15, 0.2) is 0 Å². The van der Waals surface area contributed by atoms with E-state index in [1.165, 1.54) is 12.1 Å². The summed E-state index contributed by atoms with van der Waals surface area (Å²) in [6.45, 7) is 2.32. The second kappa shape index (κ2) is 7.68. The fourth-order valence-electron chi connectivity index (χ4n) is 2.25. The Morgan fingerprint density at radius 2 is 1.68 bits per heavy atom. The molecule has 1 aromatic heterocycles. The van der Waals surface area contributed by atoms with Crippen molar-refractivity contribution in [3.8, 4) is 0 Å². The van der Waals surface area contributed by atoms with E-state index in [1.54, 1.807) is 43.3 Å². The topological polar surface area (TPSA) is 49.8 Å². The molecule has 0 unspecified atom stereocenters. The highest BCUT2D eigenvalue weighted by Gasteiger charge is 2.06. The highest BCUT2D eigenvalue weighted by molar-refractivity contribution is 6.35. The van der Waals surface area contributed by atoms with Crippen LogP contribution in [0.25, 0.3) is 0 Å². The number of anilines is 3. The average Bonchev–Trinajstić information content (AvgIpc) is 2.57. The van der Waals surface area contributed by atoms with Gasteiger partial charge in [0.05, 0.1) is 10.7 Å². The fraction of sp³-hybridized carbons (Fsp3) is 0.111. The SMILES string of the molecule is Cc1nc(NCc2ccc(F)cc2)cc(Nc2cc(Cl)ccc2Cl)n1. The monoisotopic (exact) mass is 376 g/mol. The molecule has 3 aromatic rings. The van der Waals surface area contributed by atoms with Crippen LogP contribution in [0, 0.1) is 12.7 Å². The second-order valence-corrected chi connectivity index (χ2v) is 6.26. The van der Waals surface area contributed by atoms with Gasteiger partial charge in [0, 0.05) is 17.6 Å². The molecule has 0 bridgehead atoms. The number of halogens is 3. The molecule has 0 radical (unpaired) electrons. The molecule has 7 heteroatoms. The maximum atomic E-state index is 13.0. The molecule has 0 aliphatic rings. The first kappa shape index (κ1) is 17.5. The van der Waals surface area contributed by atoms with Gasteiger partial charge < -0.3 is 10.6 Å². The van der Waals surface area contributed by atoms with Crippen molar-refractivity contribution in [3.05, 3.63) is 75.8 Å². The van der Waals surface area contributed by atoms with Crippen LogP contribution in [0.4, 0.5) is 21.7 Å². The van der Waals surface area contributed by atoms with Gasteiger partial charge >= 0.3 is 0 Å². The minimum atomic E-state index is -0.258. The lowest BCUT2D eigenvalue weighted by Gasteiger charge is -2.11. The van der Waals surface area contributed by atoms with Gasteiger partial charge in [-0.1, -0.05) is 35.3 Å². The molecule has 25 heavy (non-hydrogen) atoms. The standard InChI is InChI=1S/C18H15Cl2FN4/c1-11-23-17(22-10-12-2-5-14(21)6-3-12)9-18(24-11)25-16-8-13(19)4-7-15(16)20/h2-9H,10H2,1H3,(H2,22,23,24,25). The van der Waals surface area contributed by atoms with Crippen molar-refractivity contribution in [1.29, 1.82) is 0 Å². The van der Waals surface area contributed by atoms with Crippen molar-refractivity contribution in [1.82, 2.24) is 9.97 Å². The number of aryl methyl sites for hydroxylation is 1. The van der Waals surface area contributed by atoms with Crippen LogP contribution in [0.15, 0.2) is 48.5 Å². The normalized spacial score (nSPS) is 10.6. The van der Waals surface area contributed by atoms with Crippen molar-refractivity contribution >= 4 is 40.5 Å². The first-order chi connectivity index (χ1) is 12.0. The number of benzene rings is 2. The molecule has 1 heterocycles. The second-order valence-electron chi connectivity index (χ2n) is 5.41. The molecule has 0 atom stereocenters. The number of nitrogens with zero attached hydrogens (tertiary/aromatic N) is 2. The molecule has 0 aliphatic heterocycles. The van der Waals surface area contributed by atoms with Gasteiger partial charge in [0.25, 0.3) is 0 Å². The Hall–Kier alpha value is -2.37. The molecular formula is C18H15Cl2FN4. The van der Waals surface area contributed by atoms with Crippen molar-refractivity contribution in [2.75, 3.05) is 10.6 Å². The number of nitrogens with one attached hydrogen (secondary N) is 2. The summed E-state index contributed by atoms with van der Waals surface area (Å²) in [5.74, 6) is 1.59. The number of aromatic nitrogens is 2. The van der Waals surface area contributed by atoms with E-state index in [-0.39, 0.29) is 5.82 Å². The smallest absolute Gasteiger partial charge is 0.136 e. The minimum absolute atomic E-state index is 0.258. The van der Waals surface area contributed by atoms with Crippen LogP contribution in [-0.2, 0) is 6.54 Å². The quantitative estimate of drug-likeness (QED) is 0.609. The Morgan fingerprint density at radius 3 is 2.44 bits per heavy atom. The predicted octanol–water partition coefficient (Wildman–Crippen LogP) is 5.59. The van der Waals surface area contributed by atoms with E-state index in [0.717, 1.165) is 5.56 Å². The van der Waals surface area contributed by atoms with Gasteiger partial charge in [-0.25, -0.2) is 14.4 Å². The zero-order valence-electron chi connectivity index (χ0n) is 13.4. The molecule has 0 aliphatic carbocycles. The third-order valence-corrected chi connectivity index (χ3v) is 3.98. The summed E-state index contributed by atoms with van der Waals surface area (Å²) in [4.78, 5) is 8.71. The van der Waals surface area contributed by atoms with Crippen LogP contribution >= 0.6 is 23.2 Å². The average molecular weight is 377 g/mol. The van der Waals surface area contributed by atoms with Gasteiger partial charge in [-0.2, -0.15) is 0 Å². The molecule has 0 fully saturated rings. The Kier molecular flexibility index (Phi) is 5.36. The number of rotatable bonds is 5. The Morgan fingerprint density at radius 1 is 0.960 bits per heavy atom. The van der Waals surface area contributed by atoms with Crippen LogP contribution in [0.2, 0.25) is 10.0 Å². The van der Waals surface area contributed by atoms with Gasteiger partial charge in [-0.05, 0) is 42.8 Å². The fourth-order valence-corrected chi connectivity index (χ4v) is 2.59. The molecule has 0 saturated heterocycles. The van der Waals surface area contributed by atoms with Crippen molar-refractivity contribution in [2.45, 2.75) is 13.5 Å². The third kappa shape index (κ3) is 4.81. The molecular weight excluding hydrogens is 362 g/mol. The maximum Gasteiger partial charge on any atom is 0.136 e. The largest absolute Gasteiger partial charge is 0.366 e. The molecule has 2 N–H and O–H groups in total. The van der Waals surface area contributed by atoms with E-state index in [4.69, 9.17) is 23.2 Å². The van der Waals surface area contributed by atoms with E-state index in [1.807, 2.05) is 0 Å². The highest BCUT2D eigenvalue weighted by atomic mass is 35.5. The first-order valence-electron chi connectivity index (χ1n) is 7.56. The van der Waals surface area contributed by atoms with Crippen LogP contribution < -0.4 is 10.6 Å². The van der Waals surface area contributed by atoms with E-state index >= 15 is 0 Å². The van der Waals surface area contributed by atoms with E-state index < -0.39 is 0 Å². The van der Waals surface area contributed by atoms with Crippen molar-refractivity contribution in [3.63, 3.8) is 0 Å². The Balaban J connectivity index is 1.75. The predicted molar refractivity (Wildman–Crippen MR) is 100 cm³/mol. The minimum Gasteiger partial charge on any atom is -0.366 e. The Labute approximate surface area is 155 Å². The summed E-state index contributed by atoms with van der Waals surface area (Å²) in [5.41, 5.74) is 1.61. The van der Waals surface area contributed by atoms with Crippen LogP contribution in [-0.4, -0.2) is 9.97 Å². The summed E-state index contributed by atoms with van der Waals surface area (Å²) in [7, 11) is 0. The third-order valence-electron chi connectivity index (χ3n) is 3.42. The van der Waals surface area contributed by atoms with Gasteiger partial charge in [-0.15, -0.1) is 0 Å². The first-order valence-corrected chi connectivity index (χ1v) is 8.31. The van der Waals surface area contributed by atoms with Crippen LogP contribution in [0.1, 0.15) is 11.4 Å².